The molecule has 0 aliphatic carbocycles. The van der Waals surface area contributed by atoms with Crippen LogP contribution in [-0.2, 0) is 0 Å². The molecule has 1 aliphatic heterocycles. The highest BCUT2D eigenvalue weighted by Crippen LogP contribution is 2.33. The van der Waals surface area contributed by atoms with Crippen molar-refractivity contribution in [3.8, 4) is 0 Å². The first-order valence-corrected chi connectivity index (χ1v) is 8.05. The van der Waals surface area contributed by atoms with Crippen LogP contribution in [0.1, 0.15) is 28.8 Å². The SMILES string of the molecule is Cc1ccc(N2CCCC2)c(N(C)C(=O)c2ccc(N)cc2)c1. The maximum Gasteiger partial charge on any atom is 0.258 e. The molecule has 23 heavy (non-hydrogen) atoms. The number of hydrogen-bond donors (Lipinski definition) is 1. The molecule has 4 nitrogen and oxygen atoms in total. The molecule has 0 saturated carbocycles. The predicted molar refractivity (Wildman–Crippen MR) is 96.2 cm³/mol. The lowest BCUT2D eigenvalue weighted by Crippen LogP contribution is -2.29. The minimum absolute atomic E-state index is 0.0175. The van der Waals surface area contributed by atoms with Crippen molar-refractivity contribution in [3.05, 3.63) is 53.6 Å². The van der Waals surface area contributed by atoms with Crippen molar-refractivity contribution in [1.82, 2.24) is 0 Å². The molecule has 2 aromatic carbocycles. The fraction of sp³-hybridized carbons (Fsp3) is 0.316. The van der Waals surface area contributed by atoms with Gasteiger partial charge in [-0.1, -0.05) is 6.07 Å². The summed E-state index contributed by atoms with van der Waals surface area (Å²) in [5.74, 6) is -0.0175. The molecule has 0 aromatic heterocycles. The van der Waals surface area contributed by atoms with Crippen LogP contribution in [0.25, 0.3) is 0 Å². The van der Waals surface area contributed by atoms with Gasteiger partial charge in [-0.05, 0) is 61.7 Å². The molecule has 1 heterocycles. The molecule has 1 aliphatic rings. The van der Waals surface area contributed by atoms with Crippen LogP contribution in [0.4, 0.5) is 17.1 Å². The van der Waals surface area contributed by atoms with Gasteiger partial charge in [0.15, 0.2) is 0 Å². The quantitative estimate of drug-likeness (QED) is 0.883. The van der Waals surface area contributed by atoms with E-state index in [4.69, 9.17) is 5.73 Å². The van der Waals surface area contributed by atoms with Crippen molar-refractivity contribution >= 4 is 23.0 Å². The number of aryl methyl sites for hydroxylation is 1. The monoisotopic (exact) mass is 309 g/mol. The minimum atomic E-state index is -0.0175. The van der Waals surface area contributed by atoms with Crippen molar-refractivity contribution in [1.29, 1.82) is 0 Å². The summed E-state index contributed by atoms with van der Waals surface area (Å²) < 4.78 is 0. The van der Waals surface area contributed by atoms with Crippen LogP contribution >= 0.6 is 0 Å². The zero-order valence-electron chi connectivity index (χ0n) is 13.7. The van der Waals surface area contributed by atoms with E-state index in [2.05, 4.69) is 30.0 Å². The fourth-order valence-electron chi connectivity index (χ4n) is 3.06. The van der Waals surface area contributed by atoms with E-state index in [9.17, 15) is 4.79 Å². The van der Waals surface area contributed by atoms with Gasteiger partial charge in [-0.2, -0.15) is 0 Å². The van der Waals surface area contributed by atoms with Gasteiger partial charge in [-0.25, -0.2) is 0 Å². The highest BCUT2D eigenvalue weighted by atomic mass is 16.2. The number of carbonyl (C=O) groups excluding carboxylic acids is 1. The Hall–Kier alpha value is -2.49. The lowest BCUT2D eigenvalue weighted by Gasteiger charge is -2.27. The molecule has 2 aromatic rings. The molecule has 4 heteroatoms. The molecular formula is C19H23N3O. The Labute approximate surface area is 137 Å². The van der Waals surface area contributed by atoms with Crippen LogP contribution in [0.3, 0.4) is 0 Å². The van der Waals surface area contributed by atoms with Crippen molar-refractivity contribution in [2.24, 2.45) is 0 Å². The summed E-state index contributed by atoms with van der Waals surface area (Å²) in [5.41, 5.74) is 10.3. The summed E-state index contributed by atoms with van der Waals surface area (Å²) in [6, 6.07) is 13.4. The normalized spacial score (nSPS) is 14.1. The molecule has 1 amide bonds. The van der Waals surface area contributed by atoms with Crippen LogP contribution in [-0.4, -0.2) is 26.0 Å². The molecule has 1 fully saturated rings. The third-order valence-corrected chi connectivity index (χ3v) is 4.40. The van der Waals surface area contributed by atoms with Gasteiger partial charge in [0.2, 0.25) is 0 Å². The zero-order chi connectivity index (χ0) is 16.4. The molecule has 0 spiro atoms. The number of amides is 1. The van der Waals surface area contributed by atoms with Crippen molar-refractivity contribution in [2.45, 2.75) is 19.8 Å². The molecule has 3 rings (SSSR count). The first-order valence-electron chi connectivity index (χ1n) is 8.05. The Morgan fingerprint density at radius 3 is 2.39 bits per heavy atom. The third-order valence-electron chi connectivity index (χ3n) is 4.40. The highest BCUT2D eigenvalue weighted by molar-refractivity contribution is 6.07. The average molecular weight is 309 g/mol. The number of rotatable bonds is 3. The topological polar surface area (TPSA) is 49.6 Å². The summed E-state index contributed by atoms with van der Waals surface area (Å²) in [6.45, 7) is 4.17. The maximum atomic E-state index is 12.8. The van der Waals surface area contributed by atoms with Crippen LogP contribution in [0.2, 0.25) is 0 Å². The van der Waals surface area contributed by atoms with E-state index in [1.807, 2.05) is 7.05 Å². The molecule has 0 atom stereocenters. The van der Waals surface area contributed by atoms with E-state index >= 15 is 0 Å². The molecule has 1 saturated heterocycles. The predicted octanol–water partition coefficient (Wildman–Crippen LogP) is 3.45. The van der Waals surface area contributed by atoms with E-state index in [0.29, 0.717) is 11.3 Å². The smallest absolute Gasteiger partial charge is 0.258 e. The van der Waals surface area contributed by atoms with Gasteiger partial charge in [0.05, 0.1) is 11.4 Å². The van der Waals surface area contributed by atoms with E-state index in [-0.39, 0.29) is 5.91 Å². The molecule has 2 N–H and O–H groups in total. The summed E-state index contributed by atoms with van der Waals surface area (Å²) >= 11 is 0. The Morgan fingerprint density at radius 2 is 1.74 bits per heavy atom. The van der Waals surface area contributed by atoms with E-state index in [1.165, 1.54) is 12.8 Å². The lowest BCUT2D eigenvalue weighted by molar-refractivity contribution is 0.0993. The second-order valence-electron chi connectivity index (χ2n) is 6.17. The average Bonchev–Trinajstić information content (AvgIpc) is 3.08. The Bertz CT molecular complexity index is 703. The number of nitrogens with zero attached hydrogens (tertiary/aromatic N) is 2. The molecular weight excluding hydrogens is 286 g/mol. The number of carbonyl (C=O) groups is 1. The molecule has 0 bridgehead atoms. The van der Waals surface area contributed by atoms with E-state index < -0.39 is 0 Å². The first-order chi connectivity index (χ1) is 11.1. The highest BCUT2D eigenvalue weighted by Gasteiger charge is 2.21. The number of hydrogen-bond acceptors (Lipinski definition) is 3. The fourth-order valence-corrected chi connectivity index (χ4v) is 3.06. The summed E-state index contributed by atoms with van der Waals surface area (Å²) in [6.07, 6.45) is 2.42. The van der Waals surface area contributed by atoms with Gasteiger partial charge in [-0.3, -0.25) is 4.79 Å². The lowest BCUT2D eigenvalue weighted by atomic mass is 10.1. The third kappa shape index (κ3) is 3.16. The van der Waals surface area contributed by atoms with Crippen LogP contribution in [0, 0.1) is 6.92 Å². The zero-order valence-corrected chi connectivity index (χ0v) is 13.7. The van der Waals surface area contributed by atoms with Gasteiger partial charge in [0.25, 0.3) is 5.91 Å². The standard InChI is InChI=1S/C19H23N3O/c1-14-5-10-17(22-11-3-4-12-22)18(13-14)21(2)19(23)15-6-8-16(20)9-7-15/h5-10,13H,3-4,11-12,20H2,1-2H3. The number of nitrogens with two attached hydrogens (primary N) is 1. The van der Waals surface area contributed by atoms with Gasteiger partial charge >= 0.3 is 0 Å². The molecule has 0 radical (unpaired) electrons. The Morgan fingerprint density at radius 1 is 1.09 bits per heavy atom. The number of anilines is 3. The van der Waals surface area contributed by atoms with Crippen LogP contribution in [0.15, 0.2) is 42.5 Å². The van der Waals surface area contributed by atoms with Crippen LogP contribution < -0.4 is 15.5 Å². The van der Waals surface area contributed by atoms with Gasteiger partial charge < -0.3 is 15.5 Å². The second-order valence-corrected chi connectivity index (χ2v) is 6.17. The van der Waals surface area contributed by atoms with Crippen molar-refractivity contribution < 1.29 is 4.79 Å². The minimum Gasteiger partial charge on any atom is -0.399 e. The second kappa shape index (κ2) is 6.32. The van der Waals surface area contributed by atoms with E-state index in [0.717, 1.165) is 30.0 Å². The van der Waals surface area contributed by atoms with Crippen molar-refractivity contribution in [2.75, 3.05) is 35.7 Å². The van der Waals surface area contributed by atoms with Crippen LogP contribution in [0.5, 0.6) is 0 Å². The number of benzene rings is 2. The van der Waals surface area contributed by atoms with Gasteiger partial charge in [0, 0.05) is 31.4 Å². The largest absolute Gasteiger partial charge is 0.399 e. The summed E-state index contributed by atoms with van der Waals surface area (Å²) in [5, 5.41) is 0. The number of nitrogen functional groups attached to an aromatic ring is 1. The Balaban J connectivity index is 1.94. The molecule has 0 unspecified atom stereocenters. The van der Waals surface area contributed by atoms with Crippen molar-refractivity contribution in [3.63, 3.8) is 0 Å². The summed E-state index contributed by atoms with van der Waals surface area (Å²) in [7, 11) is 1.84. The summed E-state index contributed by atoms with van der Waals surface area (Å²) in [4.78, 5) is 16.9. The van der Waals surface area contributed by atoms with Gasteiger partial charge in [0.1, 0.15) is 0 Å². The van der Waals surface area contributed by atoms with Gasteiger partial charge in [-0.15, -0.1) is 0 Å². The Kier molecular flexibility index (Phi) is 4.24. The molecule has 120 valence electrons. The maximum absolute atomic E-state index is 12.8. The van der Waals surface area contributed by atoms with E-state index in [1.54, 1.807) is 29.2 Å². The first kappa shape index (κ1) is 15.4.